The van der Waals surface area contributed by atoms with E-state index in [2.05, 4.69) is 5.32 Å². The Hall–Kier alpha value is -2.87. The number of aryl methyl sites for hydroxylation is 1. The molecule has 0 radical (unpaired) electrons. The molecule has 2 amide bonds. The summed E-state index contributed by atoms with van der Waals surface area (Å²) in [5.74, 6) is -0.263. The van der Waals surface area contributed by atoms with E-state index in [1.165, 1.54) is 0 Å². The van der Waals surface area contributed by atoms with Gasteiger partial charge in [-0.25, -0.2) is 8.42 Å². The average molecular weight is 416 g/mol. The Morgan fingerprint density at radius 1 is 1.14 bits per heavy atom. The Morgan fingerprint density at radius 2 is 1.83 bits per heavy atom. The fourth-order valence-corrected chi connectivity index (χ4v) is 4.24. The second kappa shape index (κ2) is 8.65. The number of nitrogens with zero attached hydrogens (tertiary/aromatic N) is 2. The molecule has 1 N–H and O–H groups in total. The number of nitrogens with one attached hydrogen (secondary N) is 1. The summed E-state index contributed by atoms with van der Waals surface area (Å²) in [7, 11) is -3.60. The first kappa shape index (κ1) is 20.9. The van der Waals surface area contributed by atoms with Crippen LogP contribution in [-0.4, -0.2) is 39.6 Å². The number of amides is 2. The summed E-state index contributed by atoms with van der Waals surface area (Å²) in [5.41, 5.74) is 2.99. The highest BCUT2D eigenvalue weighted by Gasteiger charge is 2.23. The minimum Gasteiger partial charge on any atom is -0.350 e. The van der Waals surface area contributed by atoms with Crippen molar-refractivity contribution in [3.8, 4) is 0 Å². The number of para-hydroxylation sites is 1. The molecule has 0 aliphatic carbocycles. The van der Waals surface area contributed by atoms with Gasteiger partial charge < -0.3 is 10.2 Å². The summed E-state index contributed by atoms with van der Waals surface area (Å²) in [6, 6.07) is 14.5. The lowest BCUT2D eigenvalue weighted by Gasteiger charge is -2.23. The van der Waals surface area contributed by atoms with Gasteiger partial charge in [-0.1, -0.05) is 30.3 Å². The van der Waals surface area contributed by atoms with Crippen LogP contribution in [0.2, 0.25) is 0 Å². The van der Waals surface area contributed by atoms with E-state index < -0.39 is 15.9 Å². The van der Waals surface area contributed by atoms with Crippen LogP contribution < -0.4 is 14.5 Å². The first-order valence-corrected chi connectivity index (χ1v) is 11.3. The van der Waals surface area contributed by atoms with Crippen LogP contribution in [0.4, 0.5) is 11.4 Å². The molecular formula is C21H25N3O4S. The van der Waals surface area contributed by atoms with Gasteiger partial charge in [0.05, 0.1) is 11.9 Å². The van der Waals surface area contributed by atoms with Crippen LogP contribution in [0.5, 0.6) is 0 Å². The molecule has 2 aromatic carbocycles. The van der Waals surface area contributed by atoms with Crippen molar-refractivity contribution in [2.45, 2.75) is 26.3 Å². The van der Waals surface area contributed by atoms with E-state index in [1.54, 1.807) is 30.0 Å². The van der Waals surface area contributed by atoms with Crippen molar-refractivity contribution >= 4 is 33.2 Å². The lowest BCUT2D eigenvalue weighted by molar-refractivity contribution is -0.120. The molecule has 8 heteroatoms. The van der Waals surface area contributed by atoms with Crippen molar-refractivity contribution in [1.29, 1.82) is 0 Å². The summed E-state index contributed by atoms with van der Waals surface area (Å²) in [5, 5.41) is 2.76. The minimum absolute atomic E-state index is 0.128. The summed E-state index contributed by atoms with van der Waals surface area (Å²) in [6.07, 6.45) is 2.54. The Kier molecular flexibility index (Phi) is 6.22. The molecule has 1 aliphatic heterocycles. The van der Waals surface area contributed by atoms with E-state index in [9.17, 15) is 18.0 Å². The Bertz CT molecular complexity index is 1000. The van der Waals surface area contributed by atoms with Crippen LogP contribution in [0.15, 0.2) is 48.5 Å². The van der Waals surface area contributed by atoms with Crippen LogP contribution in [0.25, 0.3) is 0 Å². The predicted octanol–water partition coefficient (Wildman–Crippen LogP) is 2.20. The van der Waals surface area contributed by atoms with E-state index >= 15 is 0 Å². The van der Waals surface area contributed by atoms with Crippen molar-refractivity contribution in [2.24, 2.45) is 0 Å². The highest BCUT2D eigenvalue weighted by Crippen LogP contribution is 2.22. The molecule has 0 spiro atoms. The zero-order chi connectivity index (χ0) is 21.0. The lowest BCUT2D eigenvalue weighted by atomic mass is 10.2. The maximum atomic E-state index is 12.4. The van der Waals surface area contributed by atoms with Crippen molar-refractivity contribution in [3.05, 3.63) is 59.7 Å². The van der Waals surface area contributed by atoms with Gasteiger partial charge in [0.1, 0.15) is 6.54 Å². The second-order valence-corrected chi connectivity index (χ2v) is 9.06. The Balaban J connectivity index is 1.62. The molecule has 1 saturated heterocycles. The van der Waals surface area contributed by atoms with Gasteiger partial charge >= 0.3 is 0 Å². The molecule has 3 rings (SSSR count). The van der Waals surface area contributed by atoms with Gasteiger partial charge in [0.2, 0.25) is 21.8 Å². The molecule has 0 bridgehead atoms. The number of carbonyl (C=O) groups excluding carboxylic acids is 2. The SMILES string of the molecule is Cc1ccccc1N(CC(=O)NCc1ccc(N2CCCC2=O)cc1)S(C)(=O)=O. The van der Waals surface area contributed by atoms with Gasteiger partial charge in [-0.2, -0.15) is 0 Å². The zero-order valence-electron chi connectivity index (χ0n) is 16.6. The number of sulfonamides is 1. The summed E-state index contributed by atoms with van der Waals surface area (Å²) >= 11 is 0. The lowest BCUT2D eigenvalue weighted by Crippen LogP contribution is -2.40. The molecule has 1 aliphatic rings. The summed E-state index contributed by atoms with van der Waals surface area (Å²) in [6.45, 7) is 2.52. The third kappa shape index (κ3) is 5.14. The molecule has 0 aromatic heterocycles. The predicted molar refractivity (Wildman–Crippen MR) is 113 cm³/mol. The maximum absolute atomic E-state index is 12.4. The first-order chi connectivity index (χ1) is 13.8. The van der Waals surface area contributed by atoms with Gasteiger partial charge in [-0.15, -0.1) is 0 Å². The van der Waals surface area contributed by atoms with Gasteiger partial charge in [-0.05, 0) is 42.7 Å². The molecule has 1 heterocycles. The molecule has 0 atom stereocenters. The van der Waals surface area contributed by atoms with E-state index in [-0.39, 0.29) is 19.0 Å². The maximum Gasteiger partial charge on any atom is 0.241 e. The number of hydrogen-bond donors (Lipinski definition) is 1. The molecule has 7 nitrogen and oxygen atoms in total. The monoisotopic (exact) mass is 415 g/mol. The van der Waals surface area contributed by atoms with Gasteiger partial charge in [0.15, 0.2) is 0 Å². The smallest absolute Gasteiger partial charge is 0.241 e. The fraction of sp³-hybridized carbons (Fsp3) is 0.333. The first-order valence-electron chi connectivity index (χ1n) is 9.45. The summed E-state index contributed by atoms with van der Waals surface area (Å²) in [4.78, 5) is 26.0. The number of rotatable bonds is 7. The molecule has 2 aromatic rings. The Morgan fingerprint density at radius 3 is 2.41 bits per heavy atom. The van der Waals surface area contributed by atoms with Gasteiger partial charge in [0, 0.05) is 25.2 Å². The molecule has 1 fully saturated rings. The van der Waals surface area contributed by atoms with E-state index in [0.29, 0.717) is 12.1 Å². The highest BCUT2D eigenvalue weighted by atomic mass is 32.2. The van der Waals surface area contributed by atoms with Gasteiger partial charge in [-0.3, -0.25) is 13.9 Å². The quantitative estimate of drug-likeness (QED) is 0.751. The van der Waals surface area contributed by atoms with Crippen LogP contribution >= 0.6 is 0 Å². The van der Waals surface area contributed by atoms with Crippen LogP contribution in [0.1, 0.15) is 24.0 Å². The third-order valence-corrected chi connectivity index (χ3v) is 6.01. The Labute approximate surface area is 171 Å². The van der Waals surface area contributed by atoms with Crippen molar-refractivity contribution in [3.63, 3.8) is 0 Å². The largest absolute Gasteiger partial charge is 0.350 e. The molecular weight excluding hydrogens is 390 g/mol. The van der Waals surface area contributed by atoms with Crippen molar-refractivity contribution in [1.82, 2.24) is 5.32 Å². The fourth-order valence-electron chi connectivity index (χ4n) is 3.33. The van der Waals surface area contributed by atoms with E-state index in [1.807, 2.05) is 30.3 Å². The van der Waals surface area contributed by atoms with Crippen LogP contribution in [0.3, 0.4) is 0 Å². The van der Waals surface area contributed by atoms with E-state index in [4.69, 9.17) is 0 Å². The van der Waals surface area contributed by atoms with Gasteiger partial charge in [0.25, 0.3) is 0 Å². The second-order valence-electron chi connectivity index (χ2n) is 7.15. The molecule has 29 heavy (non-hydrogen) atoms. The molecule has 0 unspecified atom stereocenters. The topological polar surface area (TPSA) is 86.8 Å². The van der Waals surface area contributed by atoms with Crippen molar-refractivity contribution < 1.29 is 18.0 Å². The minimum atomic E-state index is -3.60. The third-order valence-electron chi connectivity index (χ3n) is 4.88. The summed E-state index contributed by atoms with van der Waals surface area (Å²) < 4.78 is 25.5. The zero-order valence-corrected chi connectivity index (χ0v) is 17.4. The van der Waals surface area contributed by atoms with E-state index in [0.717, 1.165) is 40.3 Å². The molecule has 0 saturated carbocycles. The standard InChI is InChI=1S/C21H25N3O4S/c1-16-6-3-4-7-19(16)24(29(2,27)28)15-20(25)22-14-17-9-11-18(12-10-17)23-13-5-8-21(23)26/h3-4,6-7,9-12H,5,8,13-15H2,1-2H3,(H,22,25). The van der Waals surface area contributed by atoms with Crippen molar-refractivity contribution in [2.75, 3.05) is 28.6 Å². The normalized spacial score (nSPS) is 14.1. The number of benzene rings is 2. The van der Waals surface area contributed by atoms with Crippen LogP contribution in [0, 0.1) is 6.92 Å². The number of carbonyl (C=O) groups is 2. The van der Waals surface area contributed by atoms with Crippen LogP contribution in [-0.2, 0) is 26.2 Å². The molecule has 154 valence electrons. The highest BCUT2D eigenvalue weighted by molar-refractivity contribution is 7.92. The number of hydrogen-bond acceptors (Lipinski definition) is 4. The number of anilines is 2. The average Bonchev–Trinajstić information content (AvgIpc) is 3.11.